The second-order valence-corrected chi connectivity index (χ2v) is 9.14. The van der Waals surface area contributed by atoms with Crippen molar-refractivity contribution >= 4 is 28.7 Å². The Bertz CT molecular complexity index is 1260. The minimum absolute atomic E-state index is 0.0486. The number of aryl methyl sites for hydroxylation is 1. The highest BCUT2D eigenvalue weighted by molar-refractivity contribution is 5.94. The molecular formula is C27H28N4O4. The molecule has 5 rings (SSSR count). The summed E-state index contributed by atoms with van der Waals surface area (Å²) >= 11 is 0. The standard InChI is InChI=1S/C27H28N4O4/c1-18-6-8-21(9-7-18)29-12-13-30-25-11-10-22(31(33)34)14-19(25)15-24(26(30)17-29)27(32)28-20-4-3-5-23(16-20)35-2/h3-11,14,16,24,26H,12-13,15,17H2,1-2H3,(H,28,32). The summed E-state index contributed by atoms with van der Waals surface area (Å²) in [6, 6.07) is 20.7. The van der Waals surface area contributed by atoms with Gasteiger partial charge in [-0.25, -0.2) is 0 Å². The topological polar surface area (TPSA) is 87.9 Å². The van der Waals surface area contributed by atoms with Crippen LogP contribution in [0.1, 0.15) is 11.1 Å². The van der Waals surface area contributed by atoms with E-state index < -0.39 is 0 Å². The maximum atomic E-state index is 13.6. The number of methoxy groups -OCH3 is 1. The Kier molecular flexibility index (Phi) is 6.03. The number of nitrogens with zero attached hydrogens (tertiary/aromatic N) is 3. The largest absolute Gasteiger partial charge is 0.497 e. The Morgan fingerprint density at radius 2 is 1.89 bits per heavy atom. The Labute approximate surface area is 204 Å². The minimum atomic E-state index is -0.382. The first-order valence-corrected chi connectivity index (χ1v) is 11.7. The average Bonchev–Trinajstić information content (AvgIpc) is 2.88. The number of nitro groups is 1. The number of benzene rings is 3. The van der Waals surface area contributed by atoms with Crippen molar-refractivity contribution in [1.29, 1.82) is 0 Å². The lowest BCUT2D eigenvalue weighted by Gasteiger charge is -2.49. The van der Waals surface area contributed by atoms with Crippen molar-refractivity contribution in [3.05, 3.63) is 88.0 Å². The highest BCUT2D eigenvalue weighted by Crippen LogP contribution is 2.39. The smallest absolute Gasteiger partial charge is 0.269 e. The molecule has 1 saturated heterocycles. The zero-order chi connectivity index (χ0) is 24.5. The van der Waals surface area contributed by atoms with Crippen molar-refractivity contribution in [2.75, 3.05) is 41.9 Å². The van der Waals surface area contributed by atoms with E-state index in [9.17, 15) is 14.9 Å². The summed E-state index contributed by atoms with van der Waals surface area (Å²) in [5.74, 6) is 0.192. The quantitative estimate of drug-likeness (QED) is 0.437. The summed E-state index contributed by atoms with van der Waals surface area (Å²) in [4.78, 5) is 29.2. The van der Waals surface area contributed by atoms with Crippen LogP contribution >= 0.6 is 0 Å². The Morgan fingerprint density at radius 3 is 2.63 bits per heavy atom. The molecule has 180 valence electrons. The van der Waals surface area contributed by atoms with E-state index in [1.54, 1.807) is 25.3 Å². The lowest BCUT2D eigenvalue weighted by Crippen LogP contribution is -2.60. The maximum absolute atomic E-state index is 13.6. The number of nitro benzene ring substituents is 1. The van der Waals surface area contributed by atoms with Gasteiger partial charge in [0.25, 0.3) is 5.69 Å². The maximum Gasteiger partial charge on any atom is 0.269 e. The average molecular weight is 473 g/mol. The molecule has 2 heterocycles. The molecule has 0 aliphatic carbocycles. The lowest BCUT2D eigenvalue weighted by atomic mass is 9.83. The molecule has 8 heteroatoms. The van der Waals surface area contributed by atoms with Gasteiger partial charge in [-0.05, 0) is 49.2 Å². The number of hydrogen-bond acceptors (Lipinski definition) is 6. The van der Waals surface area contributed by atoms with Crippen molar-refractivity contribution in [1.82, 2.24) is 0 Å². The third-order valence-electron chi connectivity index (χ3n) is 6.98. The van der Waals surface area contributed by atoms with Crippen molar-refractivity contribution in [3.8, 4) is 5.75 Å². The van der Waals surface area contributed by atoms with E-state index in [1.165, 1.54) is 5.56 Å². The minimum Gasteiger partial charge on any atom is -0.497 e. The number of piperazine rings is 1. The summed E-state index contributed by atoms with van der Waals surface area (Å²) in [5.41, 5.74) is 4.87. The Balaban J connectivity index is 1.47. The van der Waals surface area contributed by atoms with E-state index in [0.29, 0.717) is 24.4 Å². The molecule has 3 aromatic rings. The van der Waals surface area contributed by atoms with Crippen LogP contribution in [0.4, 0.5) is 22.7 Å². The number of fused-ring (bicyclic) bond motifs is 3. The van der Waals surface area contributed by atoms with Crippen LogP contribution in [0, 0.1) is 23.0 Å². The van der Waals surface area contributed by atoms with E-state index in [2.05, 4.69) is 46.3 Å². The second kappa shape index (κ2) is 9.29. The number of amides is 1. The molecule has 1 fully saturated rings. The van der Waals surface area contributed by atoms with E-state index in [0.717, 1.165) is 30.0 Å². The van der Waals surface area contributed by atoms with Gasteiger partial charge in [-0.3, -0.25) is 14.9 Å². The van der Waals surface area contributed by atoms with Crippen molar-refractivity contribution in [3.63, 3.8) is 0 Å². The number of rotatable bonds is 5. The molecule has 2 aliphatic rings. The third-order valence-corrected chi connectivity index (χ3v) is 6.98. The fraction of sp³-hybridized carbons (Fsp3) is 0.296. The fourth-order valence-corrected chi connectivity index (χ4v) is 5.15. The predicted molar refractivity (Wildman–Crippen MR) is 136 cm³/mol. The van der Waals surface area contributed by atoms with Crippen LogP contribution < -0.4 is 19.9 Å². The first-order valence-electron chi connectivity index (χ1n) is 11.7. The van der Waals surface area contributed by atoms with Crippen LogP contribution in [0.25, 0.3) is 0 Å². The van der Waals surface area contributed by atoms with Crippen LogP contribution in [-0.2, 0) is 11.2 Å². The van der Waals surface area contributed by atoms with Gasteiger partial charge in [0.05, 0.1) is 24.0 Å². The summed E-state index contributed by atoms with van der Waals surface area (Å²) in [6.07, 6.45) is 0.440. The van der Waals surface area contributed by atoms with Crippen LogP contribution in [0.3, 0.4) is 0 Å². The number of anilines is 3. The van der Waals surface area contributed by atoms with E-state index in [1.807, 2.05) is 24.3 Å². The van der Waals surface area contributed by atoms with E-state index >= 15 is 0 Å². The fourth-order valence-electron chi connectivity index (χ4n) is 5.15. The Morgan fingerprint density at radius 1 is 1.09 bits per heavy atom. The van der Waals surface area contributed by atoms with Crippen LogP contribution in [-0.4, -0.2) is 43.6 Å². The van der Waals surface area contributed by atoms with Crippen LogP contribution in [0.15, 0.2) is 66.7 Å². The van der Waals surface area contributed by atoms with E-state index in [-0.39, 0.29) is 28.5 Å². The monoisotopic (exact) mass is 472 g/mol. The first-order chi connectivity index (χ1) is 16.9. The molecule has 3 aromatic carbocycles. The van der Waals surface area contributed by atoms with Crippen molar-refractivity contribution < 1.29 is 14.5 Å². The van der Waals surface area contributed by atoms with Gasteiger partial charge in [-0.15, -0.1) is 0 Å². The predicted octanol–water partition coefficient (Wildman–Crippen LogP) is 4.42. The zero-order valence-corrected chi connectivity index (χ0v) is 19.8. The van der Waals surface area contributed by atoms with E-state index in [4.69, 9.17) is 4.74 Å². The lowest BCUT2D eigenvalue weighted by molar-refractivity contribution is -0.384. The van der Waals surface area contributed by atoms with Crippen molar-refractivity contribution in [2.24, 2.45) is 5.92 Å². The van der Waals surface area contributed by atoms with Gasteiger partial charge in [-0.1, -0.05) is 23.8 Å². The normalized spacial score (nSPS) is 18.9. The molecule has 2 atom stereocenters. The number of nitrogens with one attached hydrogen (secondary N) is 1. The van der Waals surface area contributed by atoms with Gasteiger partial charge in [0.1, 0.15) is 5.75 Å². The van der Waals surface area contributed by atoms with Gasteiger partial charge in [-0.2, -0.15) is 0 Å². The second-order valence-electron chi connectivity index (χ2n) is 9.14. The highest BCUT2D eigenvalue weighted by Gasteiger charge is 2.42. The summed E-state index contributed by atoms with van der Waals surface area (Å²) < 4.78 is 5.29. The summed E-state index contributed by atoms with van der Waals surface area (Å²) in [6.45, 7) is 4.29. The van der Waals surface area contributed by atoms with Gasteiger partial charge < -0.3 is 19.9 Å². The molecule has 2 aliphatic heterocycles. The van der Waals surface area contributed by atoms with Gasteiger partial charge >= 0.3 is 0 Å². The molecule has 1 N–H and O–H groups in total. The molecule has 0 spiro atoms. The number of carbonyl (C=O) groups is 1. The molecule has 8 nitrogen and oxygen atoms in total. The molecule has 2 unspecified atom stereocenters. The summed E-state index contributed by atoms with van der Waals surface area (Å²) in [5, 5.41) is 14.5. The van der Waals surface area contributed by atoms with Gasteiger partial charge in [0, 0.05) is 54.9 Å². The van der Waals surface area contributed by atoms with Gasteiger partial charge in [0.2, 0.25) is 5.91 Å². The number of non-ortho nitro benzene ring substituents is 1. The molecule has 1 amide bonds. The van der Waals surface area contributed by atoms with Crippen LogP contribution in [0.5, 0.6) is 5.75 Å². The molecule has 0 saturated carbocycles. The zero-order valence-electron chi connectivity index (χ0n) is 19.8. The van der Waals surface area contributed by atoms with Gasteiger partial charge in [0.15, 0.2) is 0 Å². The molecule has 0 bridgehead atoms. The van der Waals surface area contributed by atoms with Crippen molar-refractivity contribution in [2.45, 2.75) is 19.4 Å². The number of carbonyl (C=O) groups excluding carboxylic acids is 1. The molecule has 35 heavy (non-hydrogen) atoms. The van der Waals surface area contributed by atoms with Crippen LogP contribution in [0.2, 0.25) is 0 Å². The molecule has 0 aromatic heterocycles. The Hall–Kier alpha value is -4.07. The number of hydrogen-bond donors (Lipinski definition) is 1. The highest BCUT2D eigenvalue weighted by atomic mass is 16.6. The third kappa shape index (κ3) is 4.51. The summed E-state index contributed by atoms with van der Waals surface area (Å²) in [7, 11) is 1.59. The molecule has 0 radical (unpaired) electrons. The SMILES string of the molecule is COc1cccc(NC(=O)C2Cc3cc([N+](=O)[O-])ccc3N3CCN(c4ccc(C)cc4)CC23)c1. The molecular weight excluding hydrogens is 444 g/mol. The first kappa shape index (κ1) is 22.7. The number of ether oxygens (including phenoxy) is 1.